The molecule has 0 saturated carbocycles. The number of nitrogens with zero attached hydrogens (tertiary/aromatic N) is 2. The Morgan fingerprint density at radius 1 is 1.72 bits per heavy atom. The number of hydrogen-bond donors (Lipinski definition) is 1. The zero-order valence-corrected chi connectivity index (χ0v) is 11.7. The van der Waals surface area contributed by atoms with Gasteiger partial charge in [-0.2, -0.15) is 12.6 Å². The van der Waals surface area contributed by atoms with Crippen molar-refractivity contribution in [2.24, 2.45) is 5.92 Å². The van der Waals surface area contributed by atoms with Crippen LogP contribution in [0.15, 0.2) is 6.20 Å². The predicted molar refractivity (Wildman–Crippen MR) is 72.4 cm³/mol. The largest absolute Gasteiger partial charge is 0.462 e. The fourth-order valence-corrected chi connectivity index (χ4v) is 2.86. The van der Waals surface area contributed by atoms with Crippen molar-refractivity contribution in [2.45, 2.75) is 13.3 Å². The first-order chi connectivity index (χ1) is 8.65. The predicted octanol–water partition coefficient (Wildman–Crippen LogP) is 1.60. The maximum absolute atomic E-state index is 11.8. The smallest absolute Gasteiger partial charge is 0.350 e. The van der Waals surface area contributed by atoms with Gasteiger partial charge in [0.1, 0.15) is 4.88 Å². The molecule has 0 radical (unpaired) electrons. The Bertz CT molecular complexity index is 461. The minimum Gasteiger partial charge on any atom is -0.462 e. The van der Waals surface area contributed by atoms with Gasteiger partial charge in [0.15, 0.2) is 5.13 Å². The molecule has 0 aromatic carbocycles. The molecule has 2 rings (SSSR count). The maximum atomic E-state index is 11.8. The molecular weight excluding hydrogens is 272 g/mol. The SMILES string of the molecule is CCOC(=O)c1cnc(N2CC(CS)CC2=O)s1. The Hall–Kier alpha value is -1.08. The van der Waals surface area contributed by atoms with Gasteiger partial charge in [0.25, 0.3) is 0 Å². The van der Waals surface area contributed by atoms with E-state index in [0.29, 0.717) is 35.3 Å². The van der Waals surface area contributed by atoms with Crippen LogP contribution in [0.5, 0.6) is 0 Å². The summed E-state index contributed by atoms with van der Waals surface area (Å²) in [6.07, 6.45) is 1.96. The molecule has 1 amide bonds. The van der Waals surface area contributed by atoms with Gasteiger partial charge in [-0.1, -0.05) is 11.3 Å². The molecule has 0 N–H and O–H groups in total. The van der Waals surface area contributed by atoms with Crippen molar-refractivity contribution in [3.8, 4) is 0 Å². The van der Waals surface area contributed by atoms with Crippen LogP contribution in [0, 0.1) is 5.92 Å². The van der Waals surface area contributed by atoms with Gasteiger partial charge in [-0.05, 0) is 18.6 Å². The molecule has 1 aromatic rings. The van der Waals surface area contributed by atoms with Crippen molar-refractivity contribution >= 4 is 41.0 Å². The highest BCUT2D eigenvalue weighted by Gasteiger charge is 2.31. The first kappa shape index (κ1) is 13.4. The topological polar surface area (TPSA) is 59.5 Å². The third kappa shape index (κ3) is 2.67. The summed E-state index contributed by atoms with van der Waals surface area (Å²) in [6.45, 7) is 2.70. The van der Waals surface area contributed by atoms with Crippen molar-refractivity contribution in [1.29, 1.82) is 0 Å². The van der Waals surface area contributed by atoms with Crippen LogP contribution < -0.4 is 4.90 Å². The average molecular weight is 286 g/mol. The van der Waals surface area contributed by atoms with Crippen LogP contribution >= 0.6 is 24.0 Å². The number of carbonyl (C=O) groups is 2. The molecule has 1 aromatic heterocycles. The van der Waals surface area contributed by atoms with Gasteiger partial charge in [-0.15, -0.1) is 0 Å². The standard InChI is InChI=1S/C11H14N2O3S2/c1-2-16-10(15)8-4-12-11(18-8)13-5-7(6-17)3-9(13)14/h4,7,17H,2-3,5-6H2,1H3. The van der Waals surface area contributed by atoms with Gasteiger partial charge < -0.3 is 4.74 Å². The molecule has 1 aliphatic rings. The van der Waals surface area contributed by atoms with E-state index in [1.807, 2.05) is 0 Å². The van der Waals surface area contributed by atoms with Gasteiger partial charge in [0.2, 0.25) is 5.91 Å². The van der Waals surface area contributed by atoms with E-state index in [-0.39, 0.29) is 11.8 Å². The van der Waals surface area contributed by atoms with E-state index in [4.69, 9.17) is 4.74 Å². The van der Waals surface area contributed by atoms with Crippen LogP contribution in [0.25, 0.3) is 0 Å². The highest BCUT2D eigenvalue weighted by Crippen LogP contribution is 2.29. The van der Waals surface area contributed by atoms with E-state index in [1.165, 1.54) is 17.5 Å². The summed E-state index contributed by atoms with van der Waals surface area (Å²) in [4.78, 5) is 29.5. The molecular formula is C11H14N2O3S2. The van der Waals surface area contributed by atoms with Crippen molar-refractivity contribution in [2.75, 3.05) is 23.8 Å². The van der Waals surface area contributed by atoms with E-state index in [0.717, 1.165) is 0 Å². The van der Waals surface area contributed by atoms with Crippen LogP contribution in [0.1, 0.15) is 23.0 Å². The Morgan fingerprint density at radius 2 is 2.50 bits per heavy atom. The molecule has 1 atom stereocenters. The first-order valence-corrected chi connectivity index (χ1v) is 7.14. The number of anilines is 1. The third-order valence-electron chi connectivity index (χ3n) is 2.66. The summed E-state index contributed by atoms with van der Waals surface area (Å²) in [5.41, 5.74) is 0. The lowest BCUT2D eigenvalue weighted by Crippen LogP contribution is -2.24. The third-order valence-corrected chi connectivity index (χ3v) is 4.18. The van der Waals surface area contributed by atoms with E-state index in [9.17, 15) is 9.59 Å². The van der Waals surface area contributed by atoms with Crippen LogP contribution in [0.3, 0.4) is 0 Å². The monoisotopic (exact) mass is 286 g/mol. The van der Waals surface area contributed by atoms with Crippen molar-refractivity contribution in [3.05, 3.63) is 11.1 Å². The van der Waals surface area contributed by atoms with Gasteiger partial charge in [-0.25, -0.2) is 9.78 Å². The minimum atomic E-state index is -0.390. The van der Waals surface area contributed by atoms with E-state index in [1.54, 1.807) is 11.8 Å². The summed E-state index contributed by atoms with van der Waals surface area (Å²) in [7, 11) is 0. The first-order valence-electron chi connectivity index (χ1n) is 5.69. The van der Waals surface area contributed by atoms with Gasteiger partial charge in [-0.3, -0.25) is 9.69 Å². The zero-order valence-electron chi connectivity index (χ0n) is 9.96. The fraction of sp³-hybridized carbons (Fsp3) is 0.545. The van der Waals surface area contributed by atoms with Crippen molar-refractivity contribution in [1.82, 2.24) is 4.98 Å². The Labute approximate surface area is 115 Å². The Morgan fingerprint density at radius 3 is 3.11 bits per heavy atom. The van der Waals surface area contributed by atoms with E-state index < -0.39 is 5.97 Å². The number of esters is 1. The molecule has 0 bridgehead atoms. The number of amides is 1. The summed E-state index contributed by atoms with van der Waals surface area (Å²) in [6, 6.07) is 0. The summed E-state index contributed by atoms with van der Waals surface area (Å²) in [5.74, 6) is 0.589. The van der Waals surface area contributed by atoms with Crippen LogP contribution in [-0.4, -0.2) is 35.8 Å². The Balaban J connectivity index is 2.11. The number of thiol groups is 1. The van der Waals surface area contributed by atoms with Crippen molar-refractivity contribution < 1.29 is 14.3 Å². The second-order valence-corrected chi connectivity index (χ2v) is 5.36. The fourth-order valence-electron chi connectivity index (χ4n) is 1.78. The van der Waals surface area contributed by atoms with Crippen LogP contribution in [0.4, 0.5) is 5.13 Å². The van der Waals surface area contributed by atoms with Gasteiger partial charge in [0.05, 0.1) is 12.8 Å². The van der Waals surface area contributed by atoms with E-state index >= 15 is 0 Å². The molecule has 5 nitrogen and oxygen atoms in total. The zero-order chi connectivity index (χ0) is 13.1. The lowest BCUT2D eigenvalue weighted by atomic mass is 10.1. The summed E-state index contributed by atoms with van der Waals surface area (Å²) in [5, 5.41) is 0.562. The molecule has 18 heavy (non-hydrogen) atoms. The highest BCUT2D eigenvalue weighted by atomic mass is 32.1. The highest BCUT2D eigenvalue weighted by molar-refractivity contribution is 7.80. The second kappa shape index (κ2) is 5.71. The minimum absolute atomic E-state index is 0.0406. The summed E-state index contributed by atoms with van der Waals surface area (Å²) < 4.78 is 4.89. The van der Waals surface area contributed by atoms with Crippen molar-refractivity contribution in [3.63, 3.8) is 0 Å². The molecule has 7 heteroatoms. The quantitative estimate of drug-likeness (QED) is 0.675. The van der Waals surface area contributed by atoms with Crippen LogP contribution in [0.2, 0.25) is 0 Å². The number of rotatable bonds is 4. The lowest BCUT2D eigenvalue weighted by Gasteiger charge is -2.11. The van der Waals surface area contributed by atoms with Crippen LogP contribution in [-0.2, 0) is 9.53 Å². The second-order valence-electron chi connectivity index (χ2n) is 3.98. The van der Waals surface area contributed by atoms with E-state index in [2.05, 4.69) is 17.6 Å². The normalized spacial score (nSPS) is 19.3. The molecule has 0 aliphatic carbocycles. The number of carbonyl (C=O) groups excluding carboxylic acids is 2. The molecule has 1 unspecified atom stereocenters. The number of ether oxygens (including phenoxy) is 1. The Kier molecular flexibility index (Phi) is 4.23. The number of thiazole rings is 1. The molecule has 1 fully saturated rings. The van der Waals surface area contributed by atoms with Gasteiger partial charge in [0, 0.05) is 13.0 Å². The summed E-state index contributed by atoms with van der Waals surface area (Å²) >= 11 is 5.39. The molecule has 1 aliphatic heterocycles. The van der Waals surface area contributed by atoms with Gasteiger partial charge >= 0.3 is 5.97 Å². The molecule has 0 spiro atoms. The number of hydrogen-bond acceptors (Lipinski definition) is 6. The molecule has 2 heterocycles. The maximum Gasteiger partial charge on any atom is 0.350 e. The number of aromatic nitrogens is 1. The average Bonchev–Trinajstić information content (AvgIpc) is 2.95. The lowest BCUT2D eigenvalue weighted by molar-refractivity contribution is -0.117. The molecule has 98 valence electrons. The molecule has 1 saturated heterocycles.